The van der Waals surface area contributed by atoms with E-state index in [-0.39, 0.29) is 5.92 Å². The van der Waals surface area contributed by atoms with Gasteiger partial charge in [-0.1, -0.05) is 6.07 Å². The first-order valence-corrected chi connectivity index (χ1v) is 9.01. The topological polar surface area (TPSA) is 70.6 Å². The maximum Gasteiger partial charge on any atom is 0.227 e. The van der Waals surface area contributed by atoms with Gasteiger partial charge < -0.3 is 19.9 Å². The first kappa shape index (κ1) is 16.6. The number of aromatic nitrogens is 2. The summed E-state index contributed by atoms with van der Waals surface area (Å²) < 4.78 is 5.25. The normalized spacial score (nSPS) is 17.1. The van der Waals surface area contributed by atoms with Crippen molar-refractivity contribution >= 4 is 23.4 Å². The highest BCUT2D eigenvalue weighted by atomic mass is 16.5. The fourth-order valence-corrected chi connectivity index (χ4v) is 3.13. The highest BCUT2D eigenvalue weighted by Crippen LogP contribution is 2.31. The molecule has 1 aliphatic heterocycles. The third-order valence-corrected chi connectivity index (χ3v) is 4.79. The van der Waals surface area contributed by atoms with Crippen molar-refractivity contribution in [2.24, 2.45) is 5.92 Å². The van der Waals surface area contributed by atoms with E-state index in [2.05, 4.69) is 20.2 Å². The third-order valence-electron chi connectivity index (χ3n) is 4.79. The lowest BCUT2D eigenvalue weighted by Crippen LogP contribution is -2.49. The molecule has 0 spiro atoms. The number of carbonyl (C=O) groups excluding carboxylic acids is 1. The molecule has 7 nitrogen and oxygen atoms in total. The van der Waals surface area contributed by atoms with Gasteiger partial charge in [0, 0.05) is 50.0 Å². The number of amides is 1. The summed E-state index contributed by atoms with van der Waals surface area (Å²) in [5, 5.41) is 3.29. The summed E-state index contributed by atoms with van der Waals surface area (Å²) in [5.41, 5.74) is 0.911. The Balaban J connectivity index is 1.40. The molecule has 7 heteroatoms. The largest absolute Gasteiger partial charge is 0.497 e. The van der Waals surface area contributed by atoms with Gasteiger partial charge in [-0.3, -0.25) is 4.79 Å². The molecule has 2 heterocycles. The number of nitrogens with zero attached hydrogens (tertiary/aromatic N) is 4. The zero-order valence-corrected chi connectivity index (χ0v) is 14.9. The van der Waals surface area contributed by atoms with Gasteiger partial charge in [-0.25, -0.2) is 4.98 Å². The monoisotopic (exact) mass is 353 g/mol. The number of ether oxygens (including phenoxy) is 1. The molecule has 1 N–H and O–H groups in total. The summed E-state index contributed by atoms with van der Waals surface area (Å²) in [5.74, 6) is 2.82. The second-order valence-corrected chi connectivity index (χ2v) is 6.69. The Bertz CT molecular complexity index is 785. The smallest absolute Gasteiger partial charge is 0.227 e. The molecule has 1 aromatic heterocycles. The highest BCUT2D eigenvalue weighted by Gasteiger charge is 2.34. The molecular formula is C19H23N5O2. The van der Waals surface area contributed by atoms with Crippen LogP contribution in [-0.2, 0) is 4.79 Å². The average molecular weight is 353 g/mol. The Labute approximate surface area is 153 Å². The van der Waals surface area contributed by atoms with Crippen LogP contribution < -0.4 is 15.0 Å². The standard InChI is InChI=1S/C19H23N5O2/c1-26-16-4-2-3-15(13-16)21-17-7-8-20-19(22-17)24-11-9-23(10-12-24)18(25)14-5-6-14/h2-4,7-8,13-14H,5-6,9-12H2,1H3,(H,20,21,22). The number of anilines is 3. The van der Waals surface area contributed by atoms with Crippen molar-refractivity contribution in [2.75, 3.05) is 43.5 Å². The molecule has 1 aromatic carbocycles. The van der Waals surface area contributed by atoms with E-state index >= 15 is 0 Å². The fraction of sp³-hybridized carbons (Fsp3) is 0.421. The summed E-state index contributed by atoms with van der Waals surface area (Å²) in [4.78, 5) is 25.3. The number of piperazine rings is 1. The molecule has 0 radical (unpaired) electrons. The molecule has 0 atom stereocenters. The lowest BCUT2D eigenvalue weighted by Gasteiger charge is -2.34. The van der Waals surface area contributed by atoms with E-state index in [9.17, 15) is 4.79 Å². The van der Waals surface area contributed by atoms with E-state index in [1.807, 2.05) is 35.2 Å². The predicted molar refractivity (Wildman–Crippen MR) is 99.8 cm³/mol. The minimum Gasteiger partial charge on any atom is -0.497 e. The number of hydrogen-bond donors (Lipinski definition) is 1. The van der Waals surface area contributed by atoms with Gasteiger partial charge in [-0.2, -0.15) is 4.98 Å². The first-order chi connectivity index (χ1) is 12.7. The van der Waals surface area contributed by atoms with Gasteiger partial charge in [0.25, 0.3) is 0 Å². The van der Waals surface area contributed by atoms with Gasteiger partial charge in [-0.15, -0.1) is 0 Å². The highest BCUT2D eigenvalue weighted by molar-refractivity contribution is 5.81. The van der Waals surface area contributed by atoms with Crippen molar-refractivity contribution in [3.63, 3.8) is 0 Å². The molecule has 0 bridgehead atoms. The summed E-state index contributed by atoms with van der Waals surface area (Å²) in [6.07, 6.45) is 3.87. The third kappa shape index (κ3) is 3.71. The number of rotatable bonds is 5. The van der Waals surface area contributed by atoms with Crippen LogP contribution in [0.2, 0.25) is 0 Å². The van der Waals surface area contributed by atoms with Gasteiger partial charge in [0.2, 0.25) is 11.9 Å². The molecule has 2 aromatic rings. The number of benzene rings is 1. The lowest BCUT2D eigenvalue weighted by atomic mass is 10.2. The van der Waals surface area contributed by atoms with Gasteiger partial charge in [-0.05, 0) is 31.0 Å². The lowest BCUT2D eigenvalue weighted by molar-refractivity contribution is -0.132. The van der Waals surface area contributed by atoms with E-state index in [1.54, 1.807) is 13.3 Å². The molecule has 1 amide bonds. The van der Waals surface area contributed by atoms with Gasteiger partial charge in [0.1, 0.15) is 11.6 Å². The summed E-state index contributed by atoms with van der Waals surface area (Å²) in [6, 6.07) is 9.56. The minimum absolute atomic E-state index is 0.285. The van der Waals surface area contributed by atoms with Crippen molar-refractivity contribution in [2.45, 2.75) is 12.8 Å². The van der Waals surface area contributed by atoms with Gasteiger partial charge in [0.05, 0.1) is 7.11 Å². The van der Waals surface area contributed by atoms with Crippen molar-refractivity contribution in [1.82, 2.24) is 14.9 Å². The molecule has 0 unspecified atom stereocenters. The van der Waals surface area contributed by atoms with Crippen LogP contribution in [0, 0.1) is 5.92 Å². The molecular weight excluding hydrogens is 330 g/mol. The van der Waals surface area contributed by atoms with Crippen LogP contribution in [-0.4, -0.2) is 54.1 Å². The molecule has 136 valence electrons. The molecule has 2 fully saturated rings. The van der Waals surface area contributed by atoms with E-state index in [4.69, 9.17) is 4.74 Å². The minimum atomic E-state index is 0.285. The summed E-state index contributed by atoms with van der Waals surface area (Å²) in [6.45, 7) is 3.01. The van der Waals surface area contributed by atoms with Crippen LogP contribution in [0.3, 0.4) is 0 Å². The summed E-state index contributed by atoms with van der Waals surface area (Å²) in [7, 11) is 1.65. The Morgan fingerprint density at radius 3 is 2.73 bits per heavy atom. The van der Waals surface area contributed by atoms with Crippen molar-refractivity contribution in [1.29, 1.82) is 0 Å². The molecule has 4 rings (SSSR count). The van der Waals surface area contributed by atoms with Crippen LogP contribution >= 0.6 is 0 Å². The molecule has 26 heavy (non-hydrogen) atoms. The summed E-state index contributed by atoms with van der Waals surface area (Å²) >= 11 is 0. The number of hydrogen-bond acceptors (Lipinski definition) is 6. The Morgan fingerprint density at radius 1 is 1.19 bits per heavy atom. The maximum atomic E-state index is 12.2. The predicted octanol–water partition coefficient (Wildman–Crippen LogP) is 2.29. The van der Waals surface area contributed by atoms with Crippen LogP contribution in [0.1, 0.15) is 12.8 Å². The zero-order valence-electron chi connectivity index (χ0n) is 14.9. The van der Waals surface area contributed by atoms with Crippen molar-refractivity contribution in [3.05, 3.63) is 36.5 Å². The Hall–Kier alpha value is -2.83. The quantitative estimate of drug-likeness (QED) is 0.889. The maximum absolute atomic E-state index is 12.2. The average Bonchev–Trinajstić information content (AvgIpc) is 3.53. The van der Waals surface area contributed by atoms with Crippen LogP contribution in [0.4, 0.5) is 17.5 Å². The molecule has 1 aliphatic carbocycles. The second-order valence-electron chi connectivity index (χ2n) is 6.69. The van der Waals surface area contributed by atoms with Crippen LogP contribution in [0.5, 0.6) is 5.75 Å². The SMILES string of the molecule is COc1cccc(Nc2ccnc(N3CCN(C(=O)C4CC4)CC3)n2)c1. The van der Waals surface area contributed by atoms with Gasteiger partial charge >= 0.3 is 0 Å². The van der Waals surface area contributed by atoms with E-state index in [1.165, 1.54) is 0 Å². The van der Waals surface area contributed by atoms with E-state index in [0.29, 0.717) is 11.9 Å². The van der Waals surface area contributed by atoms with Crippen molar-refractivity contribution < 1.29 is 9.53 Å². The number of nitrogens with one attached hydrogen (secondary N) is 1. The number of carbonyl (C=O) groups is 1. The van der Waals surface area contributed by atoms with E-state index in [0.717, 1.165) is 56.3 Å². The van der Waals surface area contributed by atoms with Crippen molar-refractivity contribution in [3.8, 4) is 5.75 Å². The number of methoxy groups -OCH3 is 1. The second kappa shape index (κ2) is 7.19. The Kier molecular flexibility index (Phi) is 4.60. The molecule has 1 saturated carbocycles. The molecule has 2 aliphatic rings. The zero-order chi connectivity index (χ0) is 17.9. The van der Waals surface area contributed by atoms with Crippen LogP contribution in [0.25, 0.3) is 0 Å². The Morgan fingerprint density at radius 2 is 2.00 bits per heavy atom. The van der Waals surface area contributed by atoms with Gasteiger partial charge in [0.15, 0.2) is 0 Å². The first-order valence-electron chi connectivity index (χ1n) is 9.01. The molecule has 1 saturated heterocycles. The fourth-order valence-electron chi connectivity index (χ4n) is 3.13. The van der Waals surface area contributed by atoms with E-state index < -0.39 is 0 Å². The van der Waals surface area contributed by atoms with Crippen LogP contribution in [0.15, 0.2) is 36.5 Å².